The van der Waals surface area contributed by atoms with E-state index in [1.165, 1.54) is 53.4 Å². The SMILES string of the molecule is c1cc(-c2nc(-c3ccc4oc5ccccc5c4c3)nc(-c3cccc4c3sc3ccccc34)n2)cc(-c2ccccc2-c2ccc3c(c2)c2ccc4oc5cccc6c7ccccc7n3c2c4c56)c1. The molecule has 70 heavy (non-hydrogen) atoms. The number of benzene rings is 10. The number of hydrogen-bond acceptors (Lipinski definition) is 6. The van der Waals surface area contributed by atoms with Gasteiger partial charge in [0.15, 0.2) is 17.5 Å². The average molecular weight is 911 g/mol. The zero-order chi connectivity index (χ0) is 45.6. The average Bonchev–Trinajstić information content (AvgIpc) is 4.17. The van der Waals surface area contributed by atoms with Gasteiger partial charge in [-0.1, -0.05) is 127 Å². The van der Waals surface area contributed by atoms with Crippen LogP contribution >= 0.6 is 11.3 Å². The highest BCUT2D eigenvalue weighted by atomic mass is 32.1. The first-order valence-corrected chi connectivity index (χ1v) is 24.3. The Hall–Kier alpha value is -9.17. The van der Waals surface area contributed by atoms with Gasteiger partial charge in [-0.05, 0) is 107 Å². The zero-order valence-electron chi connectivity index (χ0n) is 37.1. The Balaban J connectivity index is 0.874. The number of furan rings is 2. The minimum Gasteiger partial charge on any atom is -0.456 e. The van der Waals surface area contributed by atoms with E-state index >= 15 is 0 Å². The molecule has 16 rings (SSSR count). The Morgan fingerprint density at radius 1 is 0.329 bits per heavy atom. The van der Waals surface area contributed by atoms with Gasteiger partial charge < -0.3 is 13.2 Å². The number of rotatable bonds is 5. The van der Waals surface area contributed by atoms with E-state index < -0.39 is 0 Å². The second kappa shape index (κ2) is 14.2. The molecule has 7 heteroatoms. The molecule has 10 aromatic carbocycles. The van der Waals surface area contributed by atoms with Crippen molar-refractivity contribution < 1.29 is 8.83 Å². The first kappa shape index (κ1) is 37.9. The molecular weight excluding hydrogens is 877 g/mol. The summed E-state index contributed by atoms with van der Waals surface area (Å²) in [6.45, 7) is 0. The molecule has 6 heterocycles. The molecule has 0 radical (unpaired) electrons. The molecule has 0 spiro atoms. The van der Waals surface area contributed by atoms with E-state index in [9.17, 15) is 0 Å². The Bertz CT molecular complexity index is 4850. The van der Waals surface area contributed by atoms with Crippen molar-refractivity contribution in [3.05, 3.63) is 206 Å². The lowest BCUT2D eigenvalue weighted by Gasteiger charge is -2.13. The van der Waals surface area contributed by atoms with Crippen LogP contribution in [0.1, 0.15) is 0 Å². The van der Waals surface area contributed by atoms with Crippen molar-refractivity contribution in [2.24, 2.45) is 0 Å². The summed E-state index contributed by atoms with van der Waals surface area (Å²) in [6, 6.07) is 73.2. The third-order valence-electron chi connectivity index (χ3n) is 14.4. The third-order valence-corrected chi connectivity index (χ3v) is 15.6. The predicted molar refractivity (Wildman–Crippen MR) is 289 cm³/mol. The lowest BCUT2D eigenvalue weighted by atomic mass is 9.93. The molecule has 0 fully saturated rings. The minimum atomic E-state index is 0.600. The molecule has 0 N–H and O–H groups in total. The van der Waals surface area contributed by atoms with Gasteiger partial charge in [0, 0.05) is 69.2 Å². The van der Waals surface area contributed by atoms with Crippen LogP contribution in [0.4, 0.5) is 0 Å². The molecule has 16 aromatic rings. The molecule has 6 nitrogen and oxygen atoms in total. The van der Waals surface area contributed by atoms with Gasteiger partial charge in [0.25, 0.3) is 0 Å². The van der Waals surface area contributed by atoms with Gasteiger partial charge in [-0.25, -0.2) is 15.0 Å². The molecule has 324 valence electrons. The van der Waals surface area contributed by atoms with E-state index in [-0.39, 0.29) is 0 Å². The molecule has 6 aromatic heterocycles. The maximum Gasteiger partial charge on any atom is 0.165 e. The summed E-state index contributed by atoms with van der Waals surface area (Å²) in [7, 11) is 0. The normalized spacial score (nSPS) is 12.3. The van der Waals surface area contributed by atoms with E-state index in [4.69, 9.17) is 23.8 Å². The molecule has 0 aliphatic rings. The van der Waals surface area contributed by atoms with E-state index in [1.807, 2.05) is 24.3 Å². The molecule has 0 bridgehead atoms. The van der Waals surface area contributed by atoms with Gasteiger partial charge in [-0.15, -0.1) is 11.3 Å². The van der Waals surface area contributed by atoms with Crippen molar-refractivity contribution in [1.82, 2.24) is 19.4 Å². The molecule has 0 saturated heterocycles. The first-order chi connectivity index (χ1) is 34.7. The minimum absolute atomic E-state index is 0.600. The van der Waals surface area contributed by atoms with Gasteiger partial charge in [0.2, 0.25) is 0 Å². The third kappa shape index (κ3) is 5.35. The summed E-state index contributed by atoms with van der Waals surface area (Å²) in [5.74, 6) is 1.83. The fourth-order valence-corrected chi connectivity index (χ4v) is 12.5. The molecule has 0 aliphatic heterocycles. The smallest absolute Gasteiger partial charge is 0.165 e. The lowest BCUT2D eigenvalue weighted by Crippen LogP contribution is -2.00. The molecule has 0 aliphatic carbocycles. The Morgan fingerprint density at radius 3 is 1.80 bits per heavy atom. The Kier molecular flexibility index (Phi) is 7.67. The summed E-state index contributed by atoms with van der Waals surface area (Å²) in [5, 5.41) is 11.6. The summed E-state index contributed by atoms with van der Waals surface area (Å²) in [4.78, 5) is 15.9. The molecular formula is C63H34N4O2S. The number of nitrogens with zero attached hydrogens (tertiary/aromatic N) is 4. The number of aromatic nitrogens is 4. The van der Waals surface area contributed by atoms with Gasteiger partial charge in [-0.2, -0.15) is 0 Å². The van der Waals surface area contributed by atoms with E-state index in [0.717, 1.165) is 87.7 Å². The number of hydrogen-bond donors (Lipinski definition) is 0. The molecule has 0 amide bonds. The topological polar surface area (TPSA) is 69.4 Å². The highest BCUT2D eigenvalue weighted by Gasteiger charge is 2.23. The maximum atomic E-state index is 6.52. The quantitative estimate of drug-likeness (QED) is 0.172. The largest absolute Gasteiger partial charge is 0.456 e. The van der Waals surface area contributed by atoms with Crippen molar-refractivity contribution >= 4 is 113 Å². The van der Waals surface area contributed by atoms with Crippen molar-refractivity contribution in [1.29, 1.82) is 0 Å². The maximum absolute atomic E-state index is 6.52. The number of fused-ring (bicyclic) bond motifs is 12. The van der Waals surface area contributed by atoms with Gasteiger partial charge in [0.05, 0.1) is 21.9 Å². The molecule has 0 unspecified atom stereocenters. The van der Waals surface area contributed by atoms with Crippen LogP contribution in [-0.4, -0.2) is 19.4 Å². The van der Waals surface area contributed by atoms with Crippen LogP contribution in [0.3, 0.4) is 0 Å². The van der Waals surface area contributed by atoms with Crippen LogP contribution in [0.2, 0.25) is 0 Å². The van der Waals surface area contributed by atoms with Gasteiger partial charge in [0.1, 0.15) is 22.3 Å². The highest BCUT2D eigenvalue weighted by molar-refractivity contribution is 7.26. The summed E-state index contributed by atoms with van der Waals surface area (Å²) in [6.07, 6.45) is 0. The van der Waals surface area contributed by atoms with E-state index in [2.05, 4.69) is 186 Å². The van der Waals surface area contributed by atoms with Gasteiger partial charge in [-0.3, -0.25) is 0 Å². The second-order valence-corrected chi connectivity index (χ2v) is 19.3. The highest BCUT2D eigenvalue weighted by Crippen LogP contribution is 2.46. The summed E-state index contributed by atoms with van der Waals surface area (Å²) in [5.41, 5.74) is 14.2. The van der Waals surface area contributed by atoms with Crippen LogP contribution in [-0.2, 0) is 0 Å². The molecule has 0 atom stereocenters. The van der Waals surface area contributed by atoms with Gasteiger partial charge >= 0.3 is 0 Å². The van der Waals surface area contributed by atoms with Crippen LogP contribution < -0.4 is 0 Å². The zero-order valence-corrected chi connectivity index (χ0v) is 38.0. The summed E-state index contributed by atoms with van der Waals surface area (Å²) >= 11 is 1.78. The first-order valence-electron chi connectivity index (χ1n) is 23.5. The van der Waals surface area contributed by atoms with Crippen molar-refractivity contribution in [2.75, 3.05) is 0 Å². The summed E-state index contributed by atoms with van der Waals surface area (Å²) < 4.78 is 17.6. The Labute approximate surface area is 402 Å². The lowest BCUT2D eigenvalue weighted by molar-refractivity contribution is 0.668. The van der Waals surface area contributed by atoms with Crippen LogP contribution in [0.5, 0.6) is 0 Å². The van der Waals surface area contributed by atoms with E-state index in [1.54, 1.807) is 11.3 Å². The fourth-order valence-electron chi connectivity index (χ4n) is 11.3. The standard InChI is InChI=1S/C63H34N4O2S/c1-2-15-40(36-26-29-51-48(33-36)45-28-31-55-58-57-44(19-11-24-54(57)69-55)41-16-3-6-22-50(41)67(51)59(45)58)39(14-1)35-12-9-13-37(32-35)61-64-62(38-27-30-53-49(34-38)42-17-4-7-23-52(42)68-53)66-63(65-61)47-21-10-20-46-43-18-5-8-25-56(43)70-60(46)47/h1-34H. The second-order valence-electron chi connectivity index (χ2n) is 18.2. The van der Waals surface area contributed by atoms with Crippen molar-refractivity contribution in [2.45, 2.75) is 0 Å². The number of thiophene rings is 1. The van der Waals surface area contributed by atoms with Crippen LogP contribution in [0, 0.1) is 0 Å². The van der Waals surface area contributed by atoms with Crippen molar-refractivity contribution in [3.63, 3.8) is 0 Å². The Morgan fingerprint density at radius 2 is 0.900 bits per heavy atom. The molecule has 0 saturated carbocycles. The van der Waals surface area contributed by atoms with E-state index in [0.29, 0.717) is 17.5 Å². The van der Waals surface area contributed by atoms with Crippen LogP contribution in [0.25, 0.3) is 159 Å². The fraction of sp³-hybridized carbons (Fsp3) is 0. The monoisotopic (exact) mass is 910 g/mol. The van der Waals surface area contributed by atoms with Crippen LogP contribution in [0.15, 0.2) is 215 Å². The number of para-hydroxylation sites is 2. The van der Waals surface area contributed by atoms with Crippen molar-refractivity contribution in [3.8, 4) is 56.4 Å². The predicted octanol–water partition coefficient (Wildman–Crippen LogP) is 17.5.